The maximum atomic E-state index is 13.6. The molecular weight excluding hydrogens is 380 g/mol. The van der Waals surface area contributed by atoms with Crippen molar-refractivity contribution >= 4 is 28.6 Å². The first kappa shape index (κ1) is 18.8. The summed E-state index contributed by atoms with van der Waals surface area (Å²) in [6.07, 6.45) is -1.03. The molecule has 0 bridgehead atoms. The van der Waals surface area contributed by atoms with Gasteiger partial charge in [-0.3, -0.25) is 19.1 Å². The van der Waals surface area contributed by atoms with Crippen molar-refractivity contribution in [3.05, 3.63) is 72.1 Å². The van der Waals surface area contributed by atoms with Crippen LogP contribution in [0.1, 0.15) is 41.3 Å². The molecule has 1 amide bonds. The molecule has 1 atom stereocenters. The number of para-hydroxylation sites is 2. The van der Waals surface area contributed by atoms with Gasteiger partial charge in [-0.2, -0.15) is 8.78 Å². The lowest BCUT2D eigenvalue weighted by Gasteiger charge is -2.19. The van der Waals surface area contributed by atoms with Gasteiger partial charge in [0.1, 0.15) is 6.54 Å². The molecule has 8 heteroatoms. The number of nitrogens with zero attached hydrogens (tertiary/aromatic N) is 3. The van der Waals surface area contributed by atoms with E-state index in [4.69, 9.17) is 4.74 Å². The van der Waals surface area contributed by atoms with E-state index in [1.807, 2.05) is 0 Å². The molecule has 0 radical (unpaired) electrons. The molecule has 0 saturated carbocycles. The van der Waals surface area contributed by atoms with Crippen LogP contribution in [0.15, 0.2) is 55.1 Å². The predicted molar refractivity (Wildman–Crippen MR) is 102 cm³/mol. The number of imidazole rings is 1. The van der Waals surface area contributed by atoms with Gasteiger partial charge in [0, 0.05) is 16.8 Å². The number of rotatable bonds is 5. The Morgan fingerprint density at radius 1 is 1.14 bits per heavy atom. The van der Waals surface area contributed by atoms with Gasteiger partial charge in [0.2, 0.25) is 0 Å². The number of hydrogen-bond acceptors (Lipinski definition) is 4. The monoisotopic (exact) mass is 397 g/mol. The second kappa shape index (κ2) is 7.12. The third kappa shape index (κ3) is 3.16. The number of alkyl halides is 2. The summed E-state index contributed by atoms with van der Waals surface area (Å²) in [5.41, 5.74) is 2.13. The Kier molecular flexibility index (Phi) is 4.62. The summed E-state index contributed by atoms with van der Waals surface area (Å²) in [6, 6.07) is 13.3. The molecule has 2 heterocycles. The minimum Gasteiger partial charge on any atom is -0.453 e. The van der Waals surface area contributed by atoms with Gasteiger partial charge in [0.15, 0.2) is 11.9 Å². The van der Waals surface area contributed by atoms with Crippen LogP contribution in [0.5, 0.6) is 0 Å². The highest BCUT2D eigenvalue weighted by Gasteiger charge is 2.33. The highest BCUT2D eigenvalue weighted by molar-refractivity contribution is 6.10. The van der Waals surface area contributed by atoms with Gasteiger partial charge < -0.3 is 4.74 Å². The maximum absolute atomic E-state index is 13.6. The van der Waals surface area contributed by atoms with Gasteiger partial charge in [-0.1, -0.05) is 36.9 Å². The van der Waals surface area contributed by atoms with Gasteiger partial charge in [0.05, 0.1) is 11.0 Å². The molecule has 1 unspecified atom stereocenters. The number of carbonyl (C=O) groups is 2. The Hall–Kier alpha value is -3.55. The van der Waals surface area contributed by atoms with Gasteiger partial charge in [-0.05, 0) is 25.1 Å². The number of ether oxygens (including phenoxy) is 1. The van der Waals surface area contributed by atoms with E-state index in [0.717, 1.165) is 4.57 Å². The van der Waals surface area contributed by atoms with E-state index in [2.05, 4.69) is 11.6 Å². The fourth-order valence-corrected chi connectivity index (χ4v) is 3.47. The first-order valence-corrected chi connectivity index (χ1v) is 8.93. The summed E-state index contributed by atoms with van der Waals surface area (Å²) in [5.74, 6) is -1.16. The molecule has 0 aliphatic carbocycles. The van der Waals surface area contributed by atoms with Crippen molar-refractivity contribution in [2.75, 3.05) is 6.54 Å². The molecule has 6 nitrogen and oxygen atoms in total. The van der Waals surface area contributed by atoms with Gasteiger partial charge in [0.25, 0.3) is 5.91 Å². The Morgan fingerprint density at radius 3 is 2.48 bits per heavy atom. The molecule has 0 fully saturated rings. The molecule has 3 aromatic rings. The lowest BCUT2D eigenvalue weighted by Crippen LogP contribution is -2.31. The first-order chi connectivity index (χ1) is 13.9. The van der Waals surface area contributed by atoms with Crippen LogP contribution in [0, 0.1) is 0 Å². The molecule has 1 aliphatic heterocycles. The third-order valence-electron chi connectivity index (χ3n) is 4.82. The van der Waals surface area contributed by atoms with Crippen LogP contribution in [-0.2, 0) is 9.53 Å². The zero-order chi connectivity index (χ0) is 20.7. The largest absolute Gasteiger partial charge is 0.453 e. The molecule has 1 aromatic heterocycles. The molecule has 1 aliphatic rings. The van der Waals surface area contributed by atoms with Crippen molar-refractivity contribution in [2.24, 2.45) is 0 Å². The fourth-order valence-electron chi connectivity index (χ4n) is 3.47. The van der Waals surface area contributed by atoms with E-state index in [1.54, 1.807) is 42.5 Å². The lowest BCUT2D eigenvalue weighted by atomic mass is 10.1. The van der Waals surface area contributed by atoms with Gasteiger partial charge in [-0.25, -0.2) is 4.98 Å². The summed E-state index contributed by atoms with van der Waals surface area (Å²) >= 11 is 0. The smallest absolute Gasteiger partial charge is 0.326 e. The maximum Gasteiger partial charge on any atom is 0.326 e. The minimum atomic E-state index is -2.84. The van der Waals surface area contributed by atoms with E-state index in [0.29, 0.717) is 22.3 Å². The number of hydrogen-bond donors (Lipinski definition) is 0. The highest BCUT2D eigenvalue weighted by Crippen LogP contribution is 2.32. The van der Waals surface area contributed by atoms with Gasteiger partial charge >= 0.3 is 12.5 Å². The SMILES string of the molecule is C=C1c2ccccc2C(=O)N1CC(=O)OC(C)c1nc2ccccc2n1C(F)F. The second-order valence-electron chi connectivity index (χ2n) is 6.62. The van der Waals surface area contributed by atoms with Crippen molar-refractivity contribution in [2.45, 2.75) is 19.6 Å². The Labute approximate surface area is 165 Å². The summed E-state index contributed by atoms with van der Waals surface area (Å²) in [7, 11) is 0. The van der Waals surface area contributed by atoms with Crippen molar-refractivity contribution in [3.63, 3.8) is 0 Å². The minimum absolute atomic E-state index is 0.0654. The highest BCUT2D eigenvalue weighted by atomic mass is 19.3. The Morgan fingerprint density at radius 2 is 1.79 bits per heavy atom. The van der Waals surface area contributed by atoms with Gasteiger partial charge in [-0.15, -0.1) is 0 Å². The quantitative estimate of drug-likeness (QED) is 0.607. The van der Waals surface area contributed by atoms with E-state index in [-0.39, 0.29) is 23.8 Å². The third-order valence-corrected chi connectivity index (χ3v) is 4.82. The average molecular weight is 397 g/mol. The number of amides is 1. The molecule has 0 spiro atoms. The number of halogens is 2. The van der Waals surface area contributed by atoms with Crippen LogP contribution < -0.4 is 0 Å². The first-order valence-electron chi connectivity index (χ1n) is 8.93. The molecule has 148 valence electrons. The number of fused-ring (bicyclic) bond motifs is 2. The summed E-state index contributed by atoms with van der Waals surface area (Å²) in [5, 5.41) is 0. The van der Waals surface area contributed by atoms with Crippen LogP contribution >= 0.6 is 0 Å². The van der Waals surface area contributed by atoms with Crippen molar-refractivity contribution in [1.82, 2.24) is 14.5 Å². The zero-order valence-corrected chi connectivity index (χ0v) is 15.5. The number of aromatic nitrogens is 2. The van der Waals surface area contributed by atoms with E-state index >= 15 is 0 Å². The van der Waals surface area contributed by atoms with Crippen molar-refractivity contribution < 1.29 is 23.1 Å². The summed E-state index contributed by atoms with van der Waals surface area (Å²) < 4.78 is 33.2. The number of carbonyl (C=O) groups excluding carboxylic acids is 2. The van der Waals surface area contributed by atoms with Crippen LogP contribution in [-0.4, -0.2) is 32.9 Å². The molecule has 0 N–H and O–H groups in total. The zero-order valence-electron chi connectivity index (χ0n) is 15.5. The molecule has 4 rings (SSSR count). The standard InChI is InChI=1S/C21H17F2N3O3/c1-12-14-7-3-4-8-15(14)20(28)25(12)11-18(27)29-13(2)19-24-16-9-5-6-10-17(16)26(19)21(22)23/h3-10,13,21H,1,11H2,2H3. The molecule has 0 saturated heterocycles. The summed E-state index contributed by atoms with van der Waals surface area (Å²) in [4.78, 5) is 30.3. The van der Waals surface area contributed by atoms with Crippen molar-refractivity contribution in [1.29, 1.82) is 0 Å². The van der Waals surface area contributed by atoms with E-state index < -0.39 is 18.6 Å². The Balaban J connectivity index is 1.53. The van der Waals surface area contributed by atoms with Crippen LogP contribution in [0.4, 0.5) is 8.78 Å². The van der Waals surface area contributed by atoms with E-state index in [9.17, 15) is 18.4 Å². The fraction of sp³-hybridized carbons (Fsp3) is 0.190. The Bertz CT molecular complexity index is 1100. The van der Waals surface area contributed by atoms with E-state index in [1.165, 1.54) is 17.9 Å². The number of esters is 1. The molecular formula is C21H17F2N3O3. The normalized spacial score (nSPS) is 14.6. The summed E-state index contributed by atoms with van der Waals surface area (Å²) in [6.45, 7) is 2.12. The van der Waals surface area contributed by atoms with Crippen LogP contribution in [0.3, 0.4) is 0 Å². The average Bonchev–Trinajstić information content (AvgIpc) is 3.20. The topological polar surface area (TPSA) is 64.4 Å². The molecule has 2 aromatic carbocycles. The van der Waals surface area contributed by atoms with Crippen LogP contribution in [0.25, 0.3) is 16.7 Å². The van der Waals surface area contributed by atoms with Crippen molar-refractivity contribution in [3.8, 4) is 0 Å². The lowest BCUT2D eigenvalue weighted by molar-refractivity contribution is -0.149. The predicted octanol–water partition coefficient (Wildman–Crippen LogP) is 4.16. The van der Waals surface area contributed by atoms with Crippen LogP contribution in [0.2, 0.25) is 0 Å². The second-order valence-corrected chi connectivity index (χ2v) is 6.62. The number of benzene rings is 2. The molecule has 29 heavy (non-hydrogen) atoms.